The Bertz CT molecular complexity index is 864. The van der Waals surface area contributed by atoms with Gasteiger partial charge in [0.05, 0.1) is 43.1 Å². The highest BCUT2D eigenvalue weighted by molar-refractivity contribution is 7.91. The minimum Gasteiger partial charge on any atom is -0.489 e. The zero-order valence-electron chi connectivity index (χ0n) is 14.5. The van der Waals surface area contributed by atoms with E-state index in [-0.39, 0.29) is 30.4 Å². The lowest BCUT2D eigenvalue weighted by Gasteiger charge is -2.17. The Morgan fingerprint density at radius 1 is 1.27 bits per heavy atom. The molecule has 1 fully saturated rings. The Labute approximate surface area is 152 Å². The van der Waals surface area contributed by atoms with Crippen molar-refractivity contribution in [3.8, 4) is 11.4 Å². The first-order chi connectivity index (χ1) is 12.5. The van der Waals surface area contributed by atoms with Crippen LogP contribution in [0.3, 0.4) is 0 Å². The first kappa shape index (κ1) is 18.4. The maximum absolute atomic E-state index is 12.8. The molecule has 3 rings (SSSR count). The van der Waals surface area contributed by atoms with Crippen LogP contribution in [0, 0.1) is 0 Å². The monoisotopic (exact) mass is 379 g/mol. The Kier molecular flexibility index (Phi) is 5.58. The zero-order valence-corrected chi connectivity index (χ0v) is 15.3. The van der Waals surface area contributed by atoms with Crippen LogP contribution in [0.2, 0.25) is 0 Å². The maximum atomic E-state index is 12.8. The van der Waals surface area contributed by atoms with Crippen molar-refractivity contribution in [1.82, 2.24) is 14.8 Å². The summed E-state index contributed by atoms with van der Waals surface area (Å²) in [7, 11) is -3.21. The Hall–Kier alpha value is -2.39. The van der Waals surface area contributed by atoms with E-state index < -0.39 is 15.7 Å². The highest BCUT2D eigenvalue weighted by Crippen LogP contribution is 2.22. The van der Waals surface area contributed by atoms with E-state index in [1.54, 1.807) is 10.9 Å². The summed E-state index contributed by atoms with van der Waals surface area (Å²) in [6.45, 7) is 2.31. The molecule has 1 aromatic carbocycles. The molecule has 140 valence electrons. The van der Waals surface area contributed by atoms with Gasteiger partial charge in [0.25, 0.3) is 0 Å². The number of ether oxygens (including phenoxy) is 1. The fraction of sp³-hybridized carbons (Fsp3) is 0.412. The predicted molar refractivity (Wildman–Crippen MR) is 95.0 cm³/mol. The lowest BCUT2D eigenvalue weighted by atomic mass is 10.3. The molecule has 0 unspecified atom stereocenters. The smallest absolute Gasteiger partial charge is 0.301 e. The predicted octanol–water partition coefficient (Wildman–Crippen LogP) is 1.46. The zero-order chi connectivity index (χ0) is 18.6. The molecule has 9 heteroatoms. The molecule has 2 heterocycles. The molecule has 0 saturated carbocycles. The van der Waals surface area contributed by atoms with Crippen LogP contribution >= 0.6 is 0 Å². The molecular formula is C17H21N3O5S. The van der Waals surface area contributed by atoms with Gasteiger partial charge in [0.2, 0.25) is 0 Å². The molecule has 0 bridgehead atoms. The number of para-hydroxylation sites is 1. The Morgan fingerprint density at radius 2 is 2.04 bits per heavy atom. The first-order valence-electron chi connectivity index (χ1n) is 8.43. The standard InChI is InChI=1S/C17H21N3O5S/c1-2-9-24-15-13-19(14-6-4-3-5-7-14)18-16(15)17(21)20-8-11-26(22,23)12-10-25-20/h3-7,13H,2,8-12H2,1H3. The number of carbonyl (C=O) groups is 1. The van der Waals surface area contributed by atoms with E-state index in [0.29, 0.717) is 12.4 Å². The van der Waals surface area contributed by atoms with E-state index in [1.807, 2.05) is 37.3 Å². The minimum atomic E-state index is -3.21. The fourth-order valence-corrected chi connectivity index (χ4v) is 3.45. The van der Waals surface area contributed by atoms with Gasteiger partial charge in [-0.25, -0.2) is 18.2 Å². The lowest BCUT2D eigenvalue weighted by Crippen LogP contribution is -2.33. The number of carbonyl (C=O) groups excluding carboxylic acids is 1. The van der Waals surface area contributed by atoms with Gasteiger partial charge in [-0.05, 0) is 18.6 Å². The van der Waals surface area contributed by atoms with Crippen LogP contribution in [0.1, 0.15) is 23.8 Å². The van der Waals surface area contributed by atoms with E-state index in [9.17, 15) is 13.2 Å². The third-order valence-corrected chi connectivity index (χ3v) is 5.43. The average molecular weight is 379 g/mol. The molecule has 8 nitrogen and oxygen atoms in total. The quantitative estimate of drug-likeness (QED) is 0.781. The highest BCUT2D eigenvalue weighted by atomic mass is 32.2. The van der Waals surface area contributed by atoms with Crippen molar-refractivity contribution in [2.45, 2.75) is 13.3 Å². The van der Waals surface area contributed by atoms with Gasteiger partial charge in [-0.1, -0.05) is 25.1 Å². The van der Waals surface area contributed by atoms with Crippen molar-refractivity contribution < 1.29 is 22.8 Å². The molecule has 0 atom stereocenters. The van der Waals surface area contributed by atoms with Gasteiger partial charge < -0.3 is 4.74 Å². The van der Waals surface area contributed by atoms with Crippen LogP contribution in [-0.4, -0.2) is 60.4 Å². The van der Waals surface area contributed by atoms with Crippen molar-refractivity contribution in [3.05, 3.63) is 42.2 Å². The number of aromatic nitrogens is 2. The first-order valence-corrected chi connectivity index (χ1v) is 10.3. The molecule has 26 heavy (non-hydrogen) atoms. The second-order valence-electron chi connectivity index (χ2n) is 5.86. The van der Waals surface area contributed by atoms with Gasteiger partial charge in [-0.3, -0.25) is 9.63 Å². The van der Waals surface area contributed by atoms with Crippen LogP contribution in [0.15, 0.2) is 36.5 Å². The summed E-state index contributed by atoms with van der Waals surface area (Å²) < 4.78 is 30.7. The second-order valence-corrected chi connectivity index (χ2v) is 8.17. The Morgan fingerprint density at radius 3 is 2.77 bits per heavy atom. The summed E-state index contributed by atoms with van der Waals surface area (Å²) in [5.74, 6) is -0.406. The fourth-order valence-electron chi connectivity index (χ4n) is 2.48. The van der Waals surface area contributed by atoms with Crippen LogP contribution in [0.5, 0.6) is 5.75 Å². The van der Waals surface area contributed by atoms with Crippen molar-refractivity contribution in [2.24, 2.45) is 0 Å². The molecule has 0 spiro atoms. The SMILES string of the molecule is CCCOc1cn(-c2ccccc2)nc1C(=O)N1CCS(=O)(=O)CCO1. The third-order valence-electron chi connectivity index (χ3n) is 3.84. The molecular weight excluding hydrogens is 358 g/mol. The van der Waals surface area contributed by atoms with Gasteiger partial charge >= 0.3 is 5.91 Å². The summed E-state index contributed by atoms with van der Waals surface area (Å²) in [5.41, 5.74) is 0.883. The third kappa shape index (κ3) is 4.23. The number of benzene rings is 1. The number of nitrogens with zero attached hydrogens (tertiary/aromatic N) is 3. The van der Waals surface area contributed by atoms with Gasteiger partial charge in [0.1, 0.15) is 0 Å². The number of sulfone groups is 1. The number of rotatable bonds is 5. The van der Waals surface area contributed by atoms with E-state index >= 15 is 0 Å². The van der Waals surface area contributed by atoms with Crippen LogP contribution < -0.4 is 4.74 Å². The normalized spacial score (nSPS) is 16.9. The van der Waals surface area contributed by atoms with Crippen LogP contribution in [-0.2, 0) is 14.7 Å². The van der Waals surface area contributed by atoms with Gasteiger partial charge in [0.15, 0.2) is 21.3 Å². The van der Waals surface area contributed by atoms with E-state index in [4.69, 9.17) is 9.57 Å². The summed E-state index contributed by atoms with van der Waals surface area (Å²) in [6, 6.07) is 9.35. The maximum Gasteiger partial charge on any atom is 0.301 e. The summed E-state index contributed by atoms with van der Waals surface area (Å²) in [4.78, 5) is 18.2. The van der Waals surface area contributed by atoms with Gasteiger partial charge in [0, 0.05) is 0 Å². The minimum absolute atomic E-state index is 0.0351. The number of amides is 1. The highest BCUT2D eigenvalue weighted by Gasteiger charge is 2.29. The molecule has 1 aliphatic rings. The number of hydrogen-bond acceptors (Lipinski definition) is 6. The largest absolute Gasteiger partial charge is 0.489 e. The van der Waals surface area contributed by atoms with E-state index in [2.05, 4.69) is 5.10 Å². The average Bonchev–Trinajstić information content (AvgIpc) is 2.98. The Balaban J connectivity index is 1.89. The molecule has 1 aromatic heterocycles. The topological polar surface area (TPSA) is 90.7 Å². The number of hydrogen-bond donors (Lipinski definition) is 0. The summed E-state index contributed by atoms with van der Waals surface area (Å²) in [6.07, 6.45) is 2.43. The molecule has 1 aliphatic heterocycles. The van der Waals surface area contributed by atoms with E-state index in [1.165, 1.54) is 0 Å². The second kappa shape index (κ2) is 7.88. The molecule has 1 saturated heterocycles. The van der Waals surface area contributed by atoms with Gasteiger partial charge in [-0.15, -0.1) is 0 Å². The summed E-state index contributed by atoms with van der Waals surface area (Å²) >= 11 is 0. The van der Waals surface area contributed by atoms with Crippen molar-refractivity contribution in [3.63, 3.8) is 0 Å². The van der Waals surface area contributed by atoms with Gasteiger partial charge in [-0.2, -0.15) is 5.10 Å². The van der Waals surface area contributed by atoms with Crippen molar-refractivity contribution in [2.75, 3.05) is 31.3 Å². The van der Waals surface area contributed by atoms with Crippen LogP contribution in [0.25, 0.3) is 5.69 Å². The molecule has 0 radical (unpaired) electrons. The van der Waals surface area contributed by atoms with Crippen LogP contribution in [0.4, 0.5) is 0 Å². The molecule has 0 aliphatic carbocycles. The van der Waals surface area contributed by atoms with E-state index in [0.717, 1.165) is 17.2 Å². The lowest BCUT2D eigenvalue weighted by molar-refractivity contribution is -0.112. The summed E-state index contributed by atoms with van der Waals surface area (Å²) in [5, 5.41) is 5.40. The molecule has 1 amide bonds. The number of hydroxylamine groups is 2. The van der Waals surface area contributed by atoms with Crippen molar-refractivity contribution in [1.29, 1.82) is 0 Å². The molecule has 0 N–H and O–H groups in total. The molecule has 2 aromatic rings. The van der Waals surface area contributed by atoms with Crippen molar-refractivity contribution >= 4 is 15.7 Å².